The van der Waals surface area contributed by atoms with Gasteiger partial charge in [0.05, 0.1) is 18.4 Å². The Kier molecular flexibility index (Phi) is 3.29. The molecule has 15 heavy (non-hydrogen) atoms. The van der Waals surface area contributed by atoms with Crippen LogP contribution < -0.4 is 0 Å². The van der Waals surface area contributed by atoms with E-state index in [0.29, 0.717) is 0 Å². The Labute approximate surface area is 89.4 Å². The fourth-order valence-corrected chi connectivity index (χ4v) is 1.82. The van der Waals surface area contributed by atoms with Crippen LogP contribution in [0.4, 0.5) is 0 Å². The summed E-state index contributed by atoms with van der Waals surface area (Å²) in [7, 11) is 0. The molecule has 0 N–H and O–H groups in total. The van der Waals surface area contributed by atoms with Gasteiger partial charge in [0.15, 0.2) is 0 Å². The van der Waals surface area contributed by atoms with Crippen LogP contribution in [0.5, 0.6) is 0 Å². The average molecular weight is 205 g/mol. The molecule has 4 heteroatoms. The first-order chi connectivity index (χ1) is 7.38. The molecule has 0 aromatic heterocycles. The molecule has 4 nitrogen and oxygen atoms in total. The van der Waals surface area contributed by atoms with Crippen molar-refractivity contribution in [1.82, 2.24) is 9.91 Å². The fraction of sp³-hybridized carbons (Fsp3) is 0.455. The number of hydrogen-bond acceptors (Lipinski definition) is 3. The minimum absolute atomic E-state index is 0.746. The molecule has 1 aliphatic heterocycles. The Morgan fingerprint density at radius 2 is 1.73 bits per heavy atom. The molecule has 0 saturated carbocycles. The predicted molar refractivity (Wildman–Crippen MR) is 59.1 cm³/mol. The topological polar surface area (TPSA) is 35.9 Å². The SMILES string of the molecule is O=NN1CCN(Cc2ccccc2)CC1. The van der Waals surface area contributed by atoms with Crippen molar-refractivity contribution in [2.75, 3.05) is 26.2 Å². The third kappa shape index (κ3) is 2.76. The molecule has 1 aromatic rings. The second kappa shape index (κ2) is 4.89. The van der Waals surface area contributed by atoms with Crippen LogP contribution in [0.2, 0.25) is 0 Å². The fourth-order valence-electron chi connectivity index (χ4n) is 1.82. The Hall–Kier alpha value is -1.42. The Bertz CT molecular complexity index is 307. The molecule has 2 rings (SSSR count). The minimum Gasteiger partial charge on any atom is -0.295 e. The first kappa shape index (κ1) is 10.1. The molecule has 0 spiro atoms. The molecule has 0 unspecified atom stereocenters. The molecule has 1 saturated heterocycles. The molecule has 1 aromatic carbocycles. The molecule has 0 atom stereocenters. The monoisotopic (exact) mass is 205 g/mol. The maximum atomic E-state index is 10.3. The smallest absolute Gasteiger partial charge is 0.0524 e. The van der Waals surface area contributed by atoms with Crippen molar-refractivity contribution in [1.29, 1.82) is 0 Å². The van der Waals surface area contributed by atoms with Crippen LogP contribution in [-0.4, -0.2) is 36.1 Å². The maximum Gasteiger partial charge on any atom is 0.0524 e. The lowest BCUT2D eigenvalue weighted by molar-refractivity contribution is 0.129. The normalized spacial score (nSPS) is 17.7. The van der Waals surface area contributed by atoms with Gasteiger partial charge in [-0.3, -0.25) is 9.91 Å². The van der Waals surface area contributed by atoms with Crippen LogP contribution in [0, 0.1) is 4.91 Å². The largest absolute Gasteiger partial charge is 0.295 e. The minimum atomic E-state index is 0.746. The summed E-state index contributed by atoms with van der Waals surface area (Å²) in [6.07, 6.45) is 0. The van der Waals surface area contributed by atoms with Crippen LogP contribution in [0.1, 0.15) is 5.56 Å². The first-order valence-corrected chi connectivity index (χ1v) is 5.23. The van der Waals surface area contributed by atoms with Gasteiger partial charge in [0.25, 0.3) is 0 Å². The quantitative estimate of drug-likeness (QED) is 0.701. The summed E-state index contributed by atoms with van der Waals surface area (Å²) < 4.78 is 0. The second-order valence-corrected chi connectivity index (χ2v) is 3.80. The Morgan fingerprint density at radius 3 is 2.33 bits per heavy atom. The van der Waals surface area contributed by atoms with Crippen molar-refractivity contribution >= 4 is 0 Å². The zero-order valence-corrected chi connectivity index (χ0v) is 8.67. The highest BCUT2D eigenvalue weighted by Gasteiger charge is 2.15. The van der Waals surface area contributed by atoms with Gasteiger partial charge < -0.3 is 0 Å². The number of benzene rings is 1. The van der Waals surface area contributed by atoms with E-state index in [2.05, 4.69) is 34.5 Å². The summed E-state index contributed by atoms with van der Waals surface area (Å²) in [5.41, 5.74) is 1.32. The van der Waals surface area contributed by atoms with E-state index in [1.807, 2.05) is 6.07 Å². The number of hydrogen-bond donors (Lipinski definition) is 0. The number of nitrogens with zero attached hydrogens (tertiary/aromatic N) is 3. The number of rotatable bonds is 3. The van der Waals surface area contributed by atoms with Gasteiger partial charge in [0.2, 0.25) is 0 Å². The molecule has 80 valence electrons. The van der Waals surface area contributed by atoms with E-state index in [9.17, 15) is 4.91 Å². The van der Waals surface area contributed by atoms with Crippen LogP contribution >= 0.6 is 0 Å². The molecule has 1 aliphatic rings. The highest BCUT2D eigenvalue weighted by atomic mass is 16.3. The zero-order chi connectivity index (χ0) is 10.5. The van der Waals surface area contributed by atoms with Crippen LogP contribution in [0.15, 0.2) is 35.6 Å². The molecule has 1 heterocycles. The molecular formula is C11H15N3O. The lowest BCUT2D eigenvalue weighted by Gasteiger charge is -2.31. The van der Waals surface area contributed by atoms with Gasteiger partial charge in [0.1, 0.15) is 0 Å². The average Bonchev–Trinajstić information content (AvgIpc) is 2.31. The van der Waals surface area contributed by atoms with E-state index in [0.717, 1.165) is 32.7 Å². The first-order valence-electron chi connectivity index (χ1n) is 5.23. The molecule has 0 radical (unpaired) electrons. The third-order valence-electron chi connectivity index (χ3n) is 2.71. The van der Waals surface area contributed by atoms with Crippen molar-refractivity contribution < 1.29 is 0 Å². The Morgan fingerprint density at radius 1 is 1.07 bits per heavy atom. The summed E-state index contributed by atoms with van der Waals surface area (Å²) in [5.74, 6) is 0. The second-order valence-electron chi connectivity index (χ2n) is 3.80. The van der Waals surface area contributed by atoms with Gasteiger partial charge in [-0.25, -0.2) is 0 Å². The summed E-state index contributed by atoms with van der Waals surface area (Å²) in [5, 5.41) is 4.53. The molecule has 0 aliphatic carbocycles. The summed E-state index contributed by atoms with van der Waals surface area (Å²) >= 11 is 0. The number of nitroso groups, excluding NO2 is 1. The van der Waals surface area contributed by atoms with E-state index in [1.54, 1.807) is 5.01 Å². The lowest BCUT2D eigenvalue weighted by atomic mass is 10.2. The van der Waals surface area contributed by atoms with Crippen molar-refractivity contribution in [2.45, 2.75) is 6.54 Å². The van der Waals surface area contributed by atoms with E-state index in [4.69, 9.17) is 0 Å². The summed E-state index contributed by atoms with van der Waals surface area (Å²) in [6.45, 7) is 4.29. The van der Waals surface area contributed by atoms with Crippen molar-refractivity contribution in [3.8, 4) is 0 Å². The molecule has 0 amide bonds. The van der Waals surface area contributed by atoms with Gasteiger partial charge in [-0.1, -0.05) is 30.3 Å². The lowest BCUT2D eigenvalue weighted by Crippen LogP contribution is -2.43. The maximum absolute atomic E-state index is 10.3. The van der Waals surface area contributed by atoms with E-state index in [1.165, 1.54) is 5.56 Å². The van der Waals surface area contributed by atoms with Crippen molar-refractivity contribution in [3.05, 3.63) is 40.8 Å². The summed E-state index contributed by atoms with van der Waals surface area (Å²) in [6, 6.07) is 10.4. The third-order valence-corrected chi connectivity index (χ3v) is 2.71. The molecule has 1 fully saturated rings. The van der Waals surface area contributed by atoms with Crippen molar-refractivity contribution in [3.63, 3.8) is 0 Å². The van der Waals surface area contributed by atoms with Gasteiger partial charge in [0, 0.05) is 19.6 Å². The molecule has 0 bridgehead atoms. The highest BCUT2D eigenvalue weighted by Crippen LogP contribution is 2.07. The Balaban J connectivity index is 1.85. The predicted octanol–water partition coefficient (Wildman–Crippen LogP) is 1.49. The van der Waals surface area contributed by atoms with Crippen LogP contribution in [0.25, 0.3) is 0 Å². The molecular weight excluding hydrogens is 190 g/mol. The van der Waals surface area contributed by atoms with Crippen LogP contribution in [0.3, 0.4) is 0 Å². The highest BCUT2D eigenvalue weighted by molar-refractivity contribution is 5.14. The van der Waals surface area contributed by atoms with E-state index in [-0.39, 0.29) is 0 Å². The van der Waals surface area contributed by atoms with E-state index >= 15 is 0 Å². The van der Waals surface area contributed by atoms with Crippen LogP contribution in [-0.2, 0) is 6.54 Å². The van der Waals surface area contributed by atoms with Gasteiger partial charge in [-0.05, 0) is 5.56 Å². The van der Waals surface area contributed by atoms with Gasteiger partial charge >= 0.3 is 0 Å². The van der Waals surface area contributed by atoms with E-state index < -0.39 is 0 Å². The zero-order valence-electron chi connectivity index (χ0n) is 8.67. The van der Waals surface area contributed by atoms with Gasteiger partial charge in [-0.2, -0.15) is 0 Å². The number of piperazine rings is 1. The summed E-state index contributed by atoms with van der Waals surface area (Å²) in [4.78, 5) is 12.6. The van der Waals surface area contributed by atoms with Gasteiger partial charge in [-0.15, -0.1) is 4.91 Å². The van der Waals surface area contributed by atoms with Crippen molar-refractivity contribution in [2.24, 2.45) is 5.29 Å². The standard InChI is InChI=1S/C11H15N3O/c15-12-14-8-6-13(7-9-14)10-11-4-2-1-3-5-11/h1-5H,6-10H2.